The van der Waals surface area contributed by atoms with Gasteiger partial charge in [-0.1, -0.05) is 68.3 Å². The molecule has 0 heterocycles. The number of benzene rings is 1. The number of hydrogen-bond donors (Lipinski definition) is 0. The van der Waals surface area contributed by atoms with Crippen LogP contribution in [0.3, 0.4) is 0 Å². The van der Waals surface area contributed by atoms with Crippen LogP contribution in [0.25, 0.3) is 0 Å². The van der Waals surface area contributed by atoms with E-state index in [0.717, 1.165) is 12.8 Å². The maximum Gasteiger partial charge on any atom is 0.0783 e. The molecule has 0 spiro atoms. The predicted molar refractivity (Wildman–Crippen MR) is 74.9 cm³/mol. The van der Waals surface area contributed by atoms with Crippen molar-refractivity contribution in [3.05, 3.63) is 48.6 Å². The van der Waals surface area contributed by atoms with Crippen molar-refractivity contribution in [3.63, 3.8) is 0 Å². The zero-order chi connectivity index (χ0) is 11.3. The smallest absolute Gasteiger partial charge is 0.0783 e. The number of rotatable bonds is 5. The van der Waals surface area contributed by atoms with Crippen molar-refractivity contribution in [1.29, 1.82) is 0 Å². The molecule has 0 aliphatic heterocycles. The molecule has 1 aromatic rings. The standard InChI is InChI=1S/C13H16Br2/c1-3-7-12(10-13(2,14)15)11-8-5-4-6-9-11/h3-6,8-9,12H,1,7,10H2,2H3. The topological polar surface area (TPSA) is 0 Å². The second kappa shape index (κ2) is 5.86. The van der Waals surface area contributed by atoms with E-state index in [4.69, 9.17) is 0 Å². The largest absolute Gasteiger partial charge is 0.103 e. The molecule has 15 heavy (non-hydrogen) atoms. The Hall–Kier alpha value is -0.0800. The van der Waals surface area contributed by atoms with Gasteiger partial charge in [0.05, 0.1) is 3.23 Å². The first-order valence-corrected chi connectivity index (χ1v) is 6.65. The van der Waals surface area contributed by atoms with E-state index in [9.17, 15) is 0 Å². The van der Waals surface area contributed by atoms with Crippen molar-refractivity contribution in [3.8, 4) is 0 Å². The number of halogens is 2. The second-order valence-electron chi connectivity index (χ2n) is 3.91. The first kappa shape index (κ1) is 13.0. The third-order valence-corrected chi connectivity index (χ3v) is 2.97. The van der Waals surface area contributed by atoms with Crippen LogP contribution in [0.15, 0.2) is 43.0 Å². The first-order valence-electron chi connectivity index (χ1n) is 5.06. The molecule has 0 radical (unpaired) electrons. The van der Waals surface area contributed by atoms with Gasteiger partial charge in [0.2, 0.25) is 0 Å². The average molecular weight is 332 g/mol. The quantitative estimate of drug-likeness (QED) is 0.511. The van der Waals surface area contributed by atoms with Crippen LogP contribution >= 0.6 is 31.9 Å². The van der Waals surface area contributed by atoms with E-state index in [0.29, 0.717) is 5.92 Å². The highest BCUT2D eigenvalue weighted by Crippen LogP contribution is 2.38. The van der Waals surface area contributed by atoms with Gasteiger partial charge in [-0.3, -0.25) is 0 Å². The van der Waals surface area contributed by atoms with Gasteiger partial charge in [-0.2, -0.15) is 0 Å². The molecule has 0 nitrogen and oxygen atoms in total. The lowest BCUT2D eigenvalue weighted by atomic mass is 9.91. The molecule has 2 heteroatoms. The van der Waals surface area contributed by atoms with Crippen LogP contribution in [0.4, 0.5) is 0 Å². The Morgan fingerprint density at radius 1 is 1.33 bits per heavy atom. The second-order valence-corrected chi connectivity index (χ2v) is 8.47. The van der Waals surface area contributed by atoms with E-state index < -0.39 is 0 Å². The van der Waals surface area contributed by atoms with E-state index in [1.807, 2.05) is 6.08 Å². The maximum absolute atomic E-state index is 3.83. The van der Waals surface area contributed by atoms with Crippen molar-refractivity contribution < 1.29 is 0 Å². The monoisotopic (exact) mass is 330 g/mol. The summed E-state index contributed by atoms with van der Waals surface area (Å²) < 4.78 is 0.00349. The molecule has 0 aliphatic rings. The van der Waals surface area contributed by atoms with E-state index in [1.165, 1.54) is 5.56 Å². The minimum atomic E-state index is 0.00349. The minimum absolute atomic E-state index is 0.00349. The van der Waals surface area contributed by atoms with Gasteiger partial charge in [0.15, 0.2) is 0 Å². The van der Waals surface area contributed by atoms with Crippen LogP contribution in [0, 0.1) is 0 Å². The number of alkyl halides is 2. The molecule has 0 saturated carbocycles. The van der Waals surface area contributed by atoms with Gasteiger partial charge < -0.3 is 0 Å². The van der Waals surface area contributed by atoms with E-state index in [-0.39, 0.29) is 3.23 Å². The summed E-state index contributed by atoms with van der Waals surface area (Å²) in [6, 6.07) is 10.6. The normalized spacial score (nSPS) is 13.5. The summed E-state index contributed by atoms with van der Waals surface area (Å²) in [7, 11) is 0. The zero-order valence-corrected chi connectivity index (χ0v) is 12.1. The highest BCUT2D eigenvalue weighted by atomic mass is 79.9. The van der Waals surface area contributed by atoms with E-state index in [2.05, 4.69) is 75.7 Å². The van der Waals surface area contributed by atoms with Gasteiger partial charge in [0, 0.05) is 0 Å². The minimum Gasteiger partial charge on any atom is -0.103 e. The summed E-state index contributed by atoms with van der Waals surface area (Å²) in [6.07, 6.45) is 4.04. The van der Waals surface area contributed by atoms with Gasteiger partial charge in [0.25, 0.3) is 0 Å². The molecular weight excluding hydrogens is 316 g/mol. The van der Waals surface area contributed by atoms with Crippen LogP contribution in [-0.2, 0) is 0 Å². The molecule has 0 fully saturated rings. The van der Waals surface area contributed by atoms with Crippen LogP contribution in [0.1, 0.15) is 31.2 Å². The Bertz CT molecular complexity index is 298. The molecule has 0 bridgehead atoms. The lowest BCUT2D eigenvalue weighted by Crippen LogP contribution is -2.11. The molecule has 1 aromatic carbocycles. The van der Waals surface area contributed by atoms with E-state index >= 15 is 0 Å². The van der Waals surface area contributed by atoms with Crippen molar-refractivity contribution in [1.82, 2.24) is 0 Å². The summed E-state index contributed by atoms with van der Waals surface area (Å²) in [5.41, 5.74) is 1.38. The molecule has 1 unspecified atom stereocenters. The predicted octanol–water partition coefficient (Wildman–Crippen LogP) is 5.24. The number of hydrogen-bond acceptors (Lipinski definition) is 0. The van der Waals surface area contributed by atoms with Crippen molar-refractivity contribution in [2.75, 3.05) is 0 Å². The SMILES string of the molecule is C=CCC(CC(C)(Br)Br)c1ccccc1. The van der Waals surface area contributed by atoms with Gasteiger partial charge >= 0.3 is 0 Å². The Kier molecular flexibility index (Phi) is 5.07. The Labute approximate surface area is 109 Å². The Balaban J connectivity index is 2.79. The van der Waals surface area contributed by atoms with Crippen LogP contribution in [0.2, 0.25) is 0 Å². The first-order chi connectivity index (χ1) is 7.03. The van der Waals surface area contributed by atoms with Crippen LogP contribution < -0.4 is 0 Å². The summed E-state index contributed by atoms with van der Waals surface area (Å²) in [5.74, 6) is 0.521. The highest BCUT2D eigenvalue weighted by Gasteiger charge is 2.22. The van der Waals surface area contributed by atoms with Gasteiger partial charge in [-0.25, -0.2) is 0 Å². The Morgan fingerprint density at radius 2 is 1.93 bits per heavy atom. The number of allylic oxidation sites excluding steroid dienone is 1. The molecule has 1 rings (SSSR count). The molecule has 82 valence electrons. The molecule has 0 aliphatic carbocycles. The molecule has 0 saturated heterocycles. The lowest BCUT2D eigenvalue weighted by Gasteiger charge is -2.22. The fourth-order valence-corrected chi connectivity index (χ4v) is 2.48. The van der Waals surface area contributed by atoms with E-state index in [1.54, 1.807) is 0 Å². The van der Waals surface area contributed by atoms with Crippen molar-refractivity contribution in [2.45, 2.75) is 28.9 Å². The summed E-state index contributed by atoms with van der Waals surface area (Å²) >= 11 is 7.26. The van der Waals surface area contributed by atoms with Crippen molar-refractivity contribution >= 4 is 31.9 Å². The van der Waals surface area contributed by atoms with Crippen molar-refractivity contribution in [2.24, 2.45) is 0 Å². The van der Waals surface area contributed by atoms with Gasteiger partial charge in [-0.05, 0) is 31.2 Å². The van der Waals surface area contributed by atoms with Crippen LogP contribution in [0.5, 0.6) is 0 Å². The fraction of sp³-hybridized carbons (Fsp3) is 0.385. The molecule has 0 N–H and O–H groups in total. The molecular formula is C13H16Br2. The zero-order valence-electron chi connectivity index (χ0n) is 8.92. The van der Waals surface area contributed by atoms with Crippen LogP contribution in [-0.4, -0.2) is 3.23 Å². The van der Waals surface area contributed by atoms with Gasteiger partial charge in [-0.15, -0.1) is 6.58 Å². The third-order valence-electron chi connectivity index (χ3n) is 2.33. The van der Waals surface area contributed by atoms with Gasteiger partial charge in [0.1, 0.15) is 0 Å². The summed E-state index contributed by atoms with van der Waals surface area (Å²) in [5, 5.41) is 0. The summed E-state index contributed by atoms with van der Waals surface area (Å²) in [4.78, 5) is 0. The summed E-state index contributed by atoms with van der Waals surface area (Å²) in [6.45, 7) is 5.96. The lowest BCUT2D eigenvalue weighted by molar-refractivity contribution is 0.619. The highest BCUT2D eigenvalue weighted by molar-refractivity contribution is 9.25. The molecule has 1 atom stereocenters. The molecule has 0 amide bonds. The molecule has 0 aromatic heterocycles. The Morgan fingerprint density at radius 3 is 2.40 bits per heavy atom. The third kappa shape index (κ3) is 4.98. The average Bonchev–Trinajstić information content (AvgIpc) is 2.17. The fourth-order valence-electron chi connectivity index (χ4n) is 1.70. The maximum atomic E-state index is 3.83.